The van der Waals surface area contributed by atoms with Crippen LogP contribution in [0.2, 0.25) is 45.8 Å². The third kappa shape index (κ3) is 6.41. The zero-order valence-corrected chi connectivity index (χ0v) is 18.8. The molecule has 13 heteroatoms. The van der Waals surface area contributed by atoms with Gasteiger partial charge in [-0.25, -0.2) is 0 Å². The lowest BCUT2D eigenvalue weighted by Crippen LogP contribution is -2.73. The summed E-state index contributed by atoms with van der Waals surface area (Å²) in [4.78, 5) is 20.3. The maximum atomic E-state index is 10.2. The van der Waals surface area contributed by atoms with E-state index in [1.807, 2.05) is 26.2 Å². The van der Waals surface area contributed by atoms with Crippen molar-refractivity contribution in [3.05, 3.63) is 0 Å². The second-order valence-electron chi connectivity index (χ2n) is 6.36. The summed E-state index contributed by atoms with van der Waals surface area (Å²) in [6.07, 6.45) is 0. The lowest BCUT2D eigenvalue weighted by Gasteiger charge is -2.48. The first kappa shape index (κ1) is 19.8. The molecule has 1 saturated heterocycles. The molecule has 8 nitrogen and oxygen atoms in total. The van der Waals surface area contributed by atoms with Crippen molar-refractivity contribution in [3.8, 4) is 0 Å². The first-order valence-electron chi connectivity index (χ1n) is 6.60. The van der Waals surface area contributed by atoms with Crippen molar-refractivity contribution in [2.24, 2.45) is 0 Å². The Kier molecular flexibility index (Phi) is 5.66. The Labute approximate surface area is 131 Å². The summed E-state index contributed by atoms with van der Waals surface area (Å²) >= 11 is 0. The van der Waals surface area contributed by atoms with Gasteiger partial charge in [0, 0.05) is 13.7 Å². The van der Waals surface area contributed by atoms with Crippen LogP contribution in [0.15, 0.2) is 0 Å². The van der Waals surface area contributed by atoms with Crippen molar-refractivity contribution < 1.29 is 34.6 Å². The van der Waals surface area contributed by atoms with Crippen molar-refractivity contribution in [1.29, 1.82) is 0 Å². The van der Waals surface area contributed by atoms with E-state index >= 15 is 0 Å². The molecule has 0 spiro atoms. The van der Waals surface area contributed by atoms with Gasteiger partial charge in [0.1, 0.15) is 0 Å². The highest BCUT2D eigenvalue weighted by Gasteiger charge is 2.65. The quantitative estimate of drug-likeness (QED) is 0.666. The molecule has 21 heavy (non-hydrogen) atoms. The van der Waals surface area contributed by atoms with Gasteiger partial charge in [-0.05, 0) is 39.3 Å². The van der Waals surface area contributed by atoms with Crippen LogP contribution in [-0.2, 0) is 25.0 Å². The molecule has 0 amide bonds. The van der Waals surface area contributed by atoms with Crippen LogP contribution >= 0.6 is 0 Å². The van der Waals surface area contributed by atoms with Gasteiger partial charge in [0.15, 0.2) is 0 Å². The van der Waals surface area contributed by atoms with E-state index in [-0.39, 0.29) is 0 Å². The fraction of sp³-hybridized carbons (Fsp3) is 1.00. The van der Waals surface area contributed by atoms with Crippen LogP contribution in [0.5, 0.6) is 0 Å². The zero-order valence-electron chi connectivity index (χ0n) is 13.8. The van der Waals surface area contributed by atoms with E-state index in [2.05, 4.69) is 0 Å². The molecule has 1 atom stereocenters. The zero-order chi connectivity index (χ0) is 16.7. The Hall–Kier alpha value is 0.764. The van der Waals surface area contributed by atoms with E-state index < -0.39 is 43.5 Å². The molecule has 1 aliphatic heterocycles. The predicted octanol–water partition coefficient (Wildman–Crippen LogP) is 0.824. The summed E-state index contributed by atoms with van der Waals surface area (Å²) in [6.45, 7) is 12.0. The number of hydrogen-bond acceptors (Lipinski definition) is 8. The molecule has 1 heterocycles. The SMILES string of the molecule is CO[Si](C)(O)O[Si]1(O[Si](C)(C)O)O[Si](C)(C)O[Si](C)(C)O1. The monoisotopic (exact) mass is 390 g/mol. The molecule has 1 aliphatic rings. The summed E-state index contributed by atoms with van der Waals surface area (Å²) in [5, 5.41) is 0. The van der Waals surface area contributed by atoms with Crippen molar-refractivity contribution in [3.63, 3.8) is 0 Å². The van der Waals surface area contributed by atoms with Gasteiger partial charge in [-0.1, -0.05) is 0 Å². The van der Waals surface area contributed by atoms with Gasteiger partial charge in [-0.2, -0.15) is 0 Å². The standard InChI is InChI=1S/C8H26O8Si5/c1-11-20(8,10)16-21(12-17(2,3)9)14-18(4,5)13-19(6,7)15-21/h9-10H,1-8H3. The second kappa shape index (κ2) is 6.00. The lowest BCUT2D eigenvalue weighted by molar-refractivity contribution is 0.0530. The van der Waals surface area contributed by atoms with Gasteiger partial charge in [0.05, 0.1) is 0 Å². The number of hydrogen-bond donors (Lipinski definition) is 2. The van der Waals surface area contributed by atoms with Crippen molar-refractivity contribution >= 4 is 43.5 Å². The minimum absolute atomic E-state index is 1.35. The molecule has 0 aromatic carbocycles. The first-order valence-corrected chi connectivity index (χ1v) is 19.0. The molecule has 126 valence electrons. The van der Waals surface area contributed by atoms with E-state index in [9.17, 15) is 9.59 Å². The first-order chi connectivity index (χ1) is 9.10. The average molecular weight is 391 g/mol. The molecule has 0 saturated carbocycles. The molecule has 1 fully saturated rings. The van der Waals surface area contributed by atoms with Crippen LogP contribution in [-0.4, -0.2) is 60.2 Å². The Balaban J connectivity index is 3.18. The third-order valence-corrected chi connectivity index (χ3v) is 18.4. The average Bonchev–Trinajstić information content (AvgIpc) is 2.06. The Morgan fingerprint density at radius 3 is 1.57 bits per heavy atom. The van der Waals surface area contributed by atoms with Crippen molar-refractivity contribution in [2.75, 3.05) is 7.11 Å². The number of rotatable bonds is 5. The summed E-state index contributed by atoms with van der Waals surface area (Å²) in [6, 6.07) is 0. The molecule has 0 bridgehead atoms. The maximum absolute atomic E-state index is 10.2. The molecular formula is C8H26O8Si5. The van der Waals surface area contributed by atoms with E-state index in [4.69, 9.17) is 25.0 Å². The van der Waals surface area contributed by atoms with Crippen molar-refractivity contribution in [2.45, 2.75) is 45.8 Å². The summed E-state index contributed by atoms with van der Waals surface area (Å²) in [5.74, 6) is 0. The minimum atomic E-state index is -3.75. The van der Waals surface area contributed by atoms with Crippen LogP contribution in [0.3, 0.4) is 0 Å². The molecule has 0 aromatic heterocycles. The smallest absolute Gasteiger partial charge is 0.416 e. The highest BCUT2D eigenvalue weighted by Crippen LogP contribution is 2.34. The fourth-order valence-corrected chi connectivity index (χ4v) is 20.5. The fourth-order valence-electron chi connectivity index (χ4n) is 1.94. The van der Waals surface area contributed by atoms with Crippen LogP contribution in [0.1, 0.15) is 0 Å². The molecule has 0 aliphatic carbocycles. The van der Waals surface area contributed by atoms with E-state index in [1.54, 1.807) is 13.1 Å². The molecule has 0 aromatic rings. The van der Waals surface area contributed by atoms with Crippen LogP contribution in [0, 0.1) is 0 Å². The van der Waals surface area contributed by atoms with Gasteiger partial charge in [-0.15, -0.1) is 0 Å². The highest BCUT2D eigenvalue weighted by atomic mass is 28.6. The van der Waals surface area contributed by atoms with Gasteiger partial charge in [0.2, 0.25) is 0 Å². The second-order valence-corrected chi connectivity index (χ2v) is 22.1. The normalized spacial score (nSPS) is 27.1. The Bertz CT molecular complexity index is 360. The lowest BCUT2D eigenvalue weighted by atomic mass is 11.8. The molecular weight excluding hydrogens is 365 g/mol. The molecule has 1 unspecified atom stereocenters. The highest BCUT2D eigenvalue weighted by molar-refractivity contribution is 6.93. The topological polar surface area (TPSA) is 95.8 Å². The third-order valence-electron chi connectivity index (χ3n) is 2.30. The van der Waals surface area contributed by atoms with Gasteiger partial charge >= 0.3 is 43.5 Å². The minimum Gasteiger partial charge on any atom is -0.416 e. The van der Waals surface area contributed by atoms with Crippen LogP contribution in [0.25, 0.3) is 0 Å². The van der Waals surface area contributed by atoms with E-state index in [1.165, 1.54) is 13.7 Å². The van der Waals surface area contributed by atoms with Crippen LogP contribution < -0.4 is 0 Å². The summed E-state index contributed by atoms with van der Waals surface area (Å²) in [7, 11) is -14.0. The van der Waals surface area contributed by atoms with Gasteiger partial charge < -0.3 is 34.6 Å². The summed E-state index contributed by atoms with van der Waals surface area (Å²) < 4.78 is 34.1. The van der Waals surface area contributed by atoms with Gasteiger partial charge in [0.25, 0.3) is 0 Å². The Morgan fingerprint density at radius 1 is 0.810 bits per heavy atom. The summed E-state index contributed by atoms with van der Waals surface area (Å²) in [5.41, 5.74) is 0. The Morgan fingerprint density at radius 2 is 1.24 bits per heavy atom. The van der Waals surface area contributed by atoms with Gasteiger partial charge in [-0.3, -0.25) is 0 Å². The maximum Gasteiger partial charge on any atom is 0.645 e. The van der Waals surface area contributed by atoms with E-state index in [0.717, 1.165) is 0 Å². The largest absolute Gasteiger partial charge is 0.645 e. The molecule has 1 rings (SSSR count). The van der Waals surface area contributed by atoms with Crippen LogP contribution in [0.4, 0.5) is 0 Å². The molecule has 0 radical (unpaired) electrons. The van der Waals surface area contributed by atoms with E-state index in [0.29, 0.717) is 0 Å². The van der Waals surface area contributed by atoms with Crippen molar-refractivity contribution in [1.82, 2.24) is 0 Å². The molecule has 2 N–H and O–H groups in total. The predicted molar refractivity (Wildman–Crippen MR) is 86.7 cm³/mol.